The van der Waals surface area contributed by atoms with Crippen LogP contribution in [0.15, 0.2) is 109 Å². The van der Waals surface area contributed by atoms with Crippen LogP contribution in [0.4, 0.5) is 0 Å². The second-order valence-corrected chi connectivity index (χ2v) is 21.0. The molecule has 2 aliphatic rings. The molecule has 294 valence electrons. The minimum absolute atomic E-state index is 0.826. The van der Waals surface area contributed by atoms with Gasteiger partial charge in [0.1, 0.15) is 0 Å². The van der Waals surface area contributed by atoms with Gasteiger partial charge in [0.15, 0.2) is 0 Å². The van der Waals surface area contributed by atoms with E-state index in [2.05, 4.69) is 136 Å². The van der Waals surface area contributed by atoms with Crippen molar-refractivity contribution in [1.29, 1.82) is 0 Å². The molecule has 2 fully saturated rings. The zero-order chi connectivity index (χ0) is 39.5. The number of hydrogen-bond acceptors (Lipinski definition) is 0. The molecule has 2 radical (unpaired) electrons. The first-order valence-electron chi connectivity index (χ1n) is 21.6. The van der Waals surface area contributed by atoms with Crippen LogP contribution in [0.2, 0.25) is 13.1 Å². The fraction of sp³-hybridized carbons (Fsp3) is 0.423. The number of rotatable bonds is 10. The second kappa shape index (κ2) is 24.6. The molecule has 2 aliphatic carbocycles. The van der Waals surface area contributed by atoms with Crippen molar-refractivity contribution in [3.05, 3.63) is 131 Å². The van der Waals surface area contributed by atoms with Gasteiger partial charge in [-0.15, -0.1) is 69.1 Å². The molecule has 0 unspecified atom stereocenters. The van der Waals surface area contributed by atoms with Crippen molar-refractivity contribution in [2.45, 2.75) is 130 Å². The molecule has 0 amide bonds. The minimum atomic E-state index is -0.826. The number of halogens is 2. The van der Waals surface area contributed by atoms with Gasteiger partial charge in [0.05, 0.1) is 0 Å². The van der Waals surface area contributed by atoms with Crippen LogP contribution in [0.1, 0.15) is 113 Å². The monoisotopic (exact) mass is 876 g/mol. The van der Waals surface area contributed by atoms with E-state index in [1.165, 1.54) is 169 Å². The Labute approximate surface area is 361 Å². The van der Waals surface area contributed by atoms with E-state index in [-0.39, 0.29) is 0 Å². The molecule has 0 bridgehead atoms. The molecule has 0 saturated heterocycles. The Morgan fingerprint density at radius 3 is 1.25 bits per heavy atom. The topological polar surface area (TPSA) is 0 Å². The maximum absolute atomic E-state index is 4.93. The summed E-state index contributed by atoms with van der Waals surface area (Å²) in [6.07, 6.45) is 21.6. The van der Waals surface area contributed by atoms with Crippen molar-refractivity contribution >= 4 is 48.1 Å². The summed E-state index contributed by atoms with van der Waals surface area (Å²) < 4.78 is 0. The zero-order valence-corrected chi connectivity index (χ0v) is 39.6. The summed E-state index contributed by atoms with van der Waals surface area (Å²) in [7, 11) is 11.0. The summed E-state index contributed by atoms with van der Waals surface area (Å²) in [6, 6.07) is 41.7. The standard InChI is InChI=1S/2C25H29.C2H6Si.2ClH.Zr/c2*1-2-7-19-12-14-22(15-13-19)24-11-6-10-23-17-21(18-25(23)24)16-20-8-4-3-5-9-20;1-3-2;;;/h2*6,10-15,17-18,20H,2-5,7-9,16H2,1H3;1-2H3;2*1H;/q2*-1;;;;+4/p-2. The number of hydrogen-bond donors (Lipinski definition) is 0. The molecule has 0 heterocycles. The molecule has 2 saturated carbocycles. The fourth-order valence-electron chi connectivity index (χ4n) is 9.06. The molecule has 0 N–H and O–H groups in total. The Bertz CT molecular complexity index is 1830. The van der Waals surface area contributed by atoms with Crippen molar-refractivity contribution in [2.24, 2.45) is 11.8 Å². The SMILES string of the molecule is CCCc1ccc(-c2cccc3[cH-]c(CC4CCCCC4)cc23)cc1.CCCc1ccc(-c2cccc3[cH-]c(CC4CCCCC4)cc23)cc1.C[Si]C.[Cl][Zr+2][Cl]. The van der Waals surface area contributed by atoms with Crippen molar-refractivity contribution in [3.63, 3.8) is 0 Å². The van der Waals surface area contributed by atoms with Crippen LogP contribution in [-0.4, -0.2) is 9.52 Å². The molecule has 8 rings (SSSR count). The average Bonchev–Trinajstić information content (AvgIpc) is 3.84. The van der Waals surface area contributed by atoms with E-state index in [9.17, 15) is 0 Å². The third-order valence-electron chi connectivity index (χ3n) is 11.7. The molecule has 0 atom stereocenters. The van der Waals surface area contributed by atoms with Gasteiger partial charge in [-0.05, 0) is 59.8 Å². The Balaban J connectivity index is 0.000000188. The Morgan fingerprint density at radius 2 is 0.911 bits per heavy atom. The Hall–Kier alpha value is -2.22. The van der Waals surface area contributed by atoms with Crippen LogP contribution in [0.5, 0.6) is 0 Å². The van der Waals surface area contributed by atoms with Gasteiger partial charge in [-0.1, -0.05) is 176 Å². The van der Waals surface area contributed by atoms with Gasteiger partial charge in [0.25, 0.3) is 0 Å². The summed E-state index contributed by atoms with van der Waals surface area (Å²) in [5.41, 5.74) is 11.4. The first-order valence-corrected chi connectivity index (χ1v) is 29.9. The van der Waals surface area contributed by atoms with Gasteiger partial charge in [0, 0.05) is 9.52 Å². The number of benzene rings is 4. The van der Waals surface area contributed by atoms with E-state index in [1.54, 1.807) is 0 Å². The molecule has 0 spiro atoms. The third-order valence-corrected chi connectivity index (χ3v) is 11.7. The molecule has 4 heteroatoms. The summed E-state index contributed by atoms with van der Waals surface area (Å²) in [4.78, 5) is 0. The van der Waals surface area contributed by atoms with E-state index in [1.807, 2.05) is 0 Å². The maximum atomic E-state index is 4.93. The predicted molar refractivity (Wildman–Crippen MR) is 248 cm³/mol. The van der Waals surface area contributed by atoms with Gasteiger partial charge >= 0.3 is 37.9 Å². The van der Waals surface area contributed by atoms with Gasteiger partial charge in [0.2, 0.25) is 0 Å². The van der Waals surface area contributed by atoms with Gasteiger partial charge in [-0.3, -0.25) is 0 Å². The Kier molecular flexibility index (Phi) is 19.7. The zero-order valence-electron chi connectivity index (χ0n) is 34.6. The first-order chi connectivity index (χ1) is 27.5. The van der Waals surface area contributed by atoms with Crippen molar-refractivity contribution in [1.82, 2.24) is 0 Å². The molecule has 6 aromatic rings. The van der Waals surface area contributed by atoms with E-state index in [4.69, 9.17) is 17.0 Å². The molecule has 6 aromatic carbocycles. The summed E-state index contributed by atoms with van der Waals surface area (Å²) in [5.74, 6) is 1.81. The molecule has 0 aromatic heterocycles. The molecule has 0 aliphatic heterocycles. The van der Waals surface area contributed by atoms with E-state index >= 15 is 0 Å². The van der Waals surface area contributed by atoms with Crippen molar-refractivity contribution in [3.8, 4) is 22.3 Å². The summed E-state index contributed by atoms with van der Waals surface area (Å²) >= 11 is -0.826. The van der Waals surface area contributed by atoms with Crippen LogP contribution in [-0.2, 0) is 46.5 Å². The van der Waals surface area contributed by atoms with E-state index < -0.39 is 20.8 Å². The third kappa shape index (κ3) is 13.4. The first kappa shape index (κ1) is 44.9. The van der Waals surface area contributed by atoms with Gasteiger partial charge < -0.3 is 0 Å². The molecule has 56 heavy (non-hydrogen) atoms. The van der Waals surface area contributed by atoms with E-state index in [0.29, 0.717) is 0 Å². The normalized spacial score (nSPS) is 14.5. The Morgan fingerprint density at radius 1 is 0.554 bits per heavy atom. The summed E-state index contributed by atoms with van der Waals surface area (Å²) in [5, 5.41) is 5.66. The van der Waals surface area contributed by atoms with Crippen LogP contribution in [0, 0.1) is 11.8 Å². The second-order valence-electron chi connectivity index (χ2n) is 16.2. The number of fused-ring (bicyclic) bond motifs is 2. The van der Waals surface area contributed by atoms with Crippen molar-refractivity contribution in [2.75, 3.05) is 0 Å². The molecular weight excluding hydrogens is 815 g/mol. The fourth-order valence-corrected chi connectivity index (χ4v) is 9.06. The van der Waals surface area contributed by atoms with Crippen LogP contribution in [0.25, 0.3) is 43.8 Å². The number of aryl methyl sites for hydroxylation is 2. The van der Waals surface area contributed by atoms with Crippen LogP contribution >= 0.6 is 17.0 Å². The quantitative estimate of drug-likeness (QED) is 0.0950. The predicted octanol–water partition coefficient (Wildman–Crippen LogP) is 16.8. The van der Waals surface area contributed by atoms with E-state index in [0.717, 1.165) is 21.4 Å². The van der Waals surface area contributed by atoms with Crippen LogP contribution in [0.3, 0.4) is 0 Å². The van der Waals surface area contributed by atoms with Crippen molar-refractivity contribution < 1.29 is 20.8 Å². The van der Waals surface area contributed by atoms with Crippen LogP contribution < -0.4 is 0 Å². The average molecular weight is 879 g/mol. The molecule has 0 nitrogen and oxygen atoms in total. The van der Waals surface area contributed by atoms with Gasteiger partial charge in [-0.25, -0.2) is 0 Å². The summed E-state index contributed by atoms with van der Waals surface area (Å²) in [6.45, 7) is 8.79. The van der Waals surface area contributed by atoms with Gasteiger partial charge in [-0.2, -0.15) is 12.1 Å². The molecular formula is C52H64Cl2SiZr.